The van der Waals surface area contributed by atoms with Crippen molar-refractivity contribution in [3.05, 3.63) is 80.3 Å². The average Bonchev–Trinajstić information content (AvgIpc) is 3.34. The smallest absolute Gasteiger partial charge is 0.253 e. The summed E-state index contributed by atoms with van der Waals surface area (Å²) in [4.78, 5) is 45.9. The molecule has 0 atom stereocenters. The number of amides is 2. The number of aromatic amines is 1. The van der Waals surface area contributed by atoms with Crippen molar-refractivity contribution in [1.82, 2.24) is 10.3 Å². The van der Waals surface area contributed by atoms with E-state index >= 15 is 0 Å². The van der Waals surface area contributed by atoms with E-state index in [1.54, 1.807) is 0 Å². The first-order chi connectivity index (χ1) is 21.7. The number of hydrogen-bond acceptors (Lipinski definition) is 6. The number of ether oxygens (including phenoxy) is 2. The number of rotatable bonds is 8. The summed E-state index contributed by atoms with van der Waals surface area (Å²) >= 11 is 0. The fourth-order valence-corrected chi connectivity index (χ4v) is 7.56. The van der Waals surface area contributed by atoms with Gasteiger partial charge >= 0.3 is 0 Å². The standard InChI is InChI=1S/C36H44N4O5/c1-5-40(28-8-12-44-13-9-28)32-19-27(17-29(25(32)4)34(42)37-20-30-23(2)16-24(3)38-35(30)43)26-6-7-31-33(18-26)39(22-41)21-36(31)10-14-45-15-11-36/h6-7,16-19,22,28H,5,8-15,20-21H2,1-4H3,(H,37,42)(H,38,43). The fourth-order valence-electron chi connectivity index (χ4n) is 7.56. The molecular formula is C36H44N4O5. The number of carbonyl (C=O) groups is 2. The van der Waals surface area contributed by atoms with Crippen LogP contribution in [0.15, 0.2) is 41.2 Å². The molecule has 0 radical (unpaired) electrons. The first kappa shape index (κ1) is 31.0. The number of benzene rings is 2. The highest BCUT2D eigenvalue weighted by Gasteiger charge is 2.43. The van der Waals surface area contributed by atoms with Crippen LogP contribution < -0.4 is 20.7 Å². The Kier molecular flexibility index (Phi) is 8.84. The Hall–Kier alpha value is -3.95. The van der Waals surface area contributed by atoms with Crippen LogP contribution in [0.4, 0.5) is 11.4 Å². The van der Waals surface area contributed by atoms with Gasteiger partial charge < -0.3 is 29.6 Å². The highest BCUT2D eigenvalue weighted by molar-refractivity contribution is 5.99. The van der Waals surface area contributed by atoms with E-state index in [0.717, 1.165) is 91.2 Å². The predicted molar refractivity (Wildman–Crippen MR) is 176 cm³/mol. The molecule has 4 heterocycles. The van der Waals surface area contributed by atoms with E-state index in [0.29, 0.717) is 36.9 Å². The lowest BCUT2D eigenvalue weighted by atomic mass is 9.75. The Morgan fingerprint density at radius 3 is 2.47 bits per heavy atom. The molecule has 2 N–H and O–H groups in total. The minimum absolute atomic E-state index is 0.0788. The van der Waals surface area contributed by atoms with Crippen molar-refractivity contribution in [2.24, 2.45) is 0 Å². The van der Waals surface area contributed by atoms with Crippen LogP contribution in [-0.2, 0) is 26.2 Å². The lowest BCUT2D eigenvalue weighted by Gasteiger charge is -2.37. The van der Waals surface area contributed by atoms with Gasteiger partial charge in [-0.15, -0.1) is 0 Å². The molecule has 3 aliphatic rings. The number of nitrogens with zero attached hydrogens (tertiary/aromatic N) is 2. The van der Waals surface area contributed by atoms with Gasteiger partial charge in [0.15, 0.2) is 0 Å². The van der Waals surface area contributed by atoms with Crippen molar-refractivity contribution in [1.29, 1.82) is 0 Å². The Labute approximate surface area is 264 Å². The number of pyridine rings is 1. The van der Waals surface area contributed by atoms with E-state index in [1.165, 1.54) is 5.56 Å². The number of aryl methyl sites for hydroxylation is 2. The summed E-state index contributed by atoms with van der Waals surface area (Å²) < 4.78 is 11.3. The minimum Gasteiger partial charge on any atom is -0.381 e. The van der Waals surface area contributed by atoms with Gasteiger partial charge in [-0.2, -0.15) is 0 Å². The molecule has 0 bridgehead atoms. The molecule has 3 aromatic rings. The van der Waals surface area contributed by atoms with Crippen molar-refractivity contribution >= 4 is 23.7 Å². The summed E-state index contributed by atoms with van der Waals surface area (Å²) in [6, 6.07) is 12.8. The maximum Gasteiger partial charge on any atom is 0.253 e. The molecule has 0 saturated carbocycles. The number of hydrogen-bond donors (Lipinski definition) is 2. The second kappa shape index (κ2) is 12.8. The second-order valence-electron chi connectivity index (χ2n) is 12.8. The SMILES string of the molecule is CCN(c1cc(-c2ccc3c(c2)N(C=O)CC32CCOCC2)cc(C(=O)NCc2c(C)cc(C)[nH]c2=O)c1C)C1CCOCC1. The van der Waals surface area contributed by atoms with Crippen molar-refractivity contribution in [2.75, 3.05) is 49.3 Å². The maximum atomic E-state index is 13.9. The van der Waals surface area contributed by atoms with Gasteiger partial charge in [-0.25, -0.2) is 0 Å². The molecule has 2 fully saturated rings. The summed E-state index contributed by atoms with van der Waals surface area (Å²) in [5, 5.41) is 3.03. The third-order valence-electron chi connectivity index (χ3n) is 10.1. The Balaban J connectivity index is 1.41. The average molecular weight is 613 g/mol. The number of nitrogens with one attached hydrogen (secondary N) is 2. The second-order valence-corrected chi connectivity index (χ2v) is 12.8. The molecule has 1 spiro atoms. The zero-order chi connectivity index (χ0) is 31.7. The van der Waals surface area contributed by atoms with Gasteiger partial charge in [-0.1, -0.05) is 12.1 Å². The van der Waals surface area contributed by atoms with Gasteiger partial charge in [0.25, 0.3) is 11.5 Å². The molecule has 9 heteroatoms. The van der Waals surface area contributed by atoms with Crippen LogP contribution in [0.5, 0.6) is 0 Å². The molecule has 2 aromatic carbocycles. The van der Waals surface area contributed by atoms with Crippen LogP contribution in [-0.4, -0.2) is 62.9 Å². The van der Waals surface area contributed by atoms with Crippen molar-refractivity contribution < 1.29 is 19.1 Å². The Morgan fingerprint density at radius 1 is 1.04 bits per heavy atom. The lowest BCUT2D eigenvalue weighted by molar-refractivity contribution is -0.107. The predicted octanol–water partition coefficient (Wildman–Crippen LogP) is 4.93. The number of aromatic nitrogens is 1. The Morgan fingerprint density at radius 2 is 1.78 bits per heavy atom. The van der Waals surface area contributed by atoms with Crippen molar-refractivity contribution in [2.45, 2.75) is 71.4 Å². The molecule has 3 aliphatic heterocycles. The molecule has 45 heavy (non-hydrogen) atoms. The maximum absolute atomic E-state index is 13.9. The minimum atomic E-state index is -0.227. The molecule has 2 saturated heterocycles. The highest BCUT2D eigenvalue weighted by Crippen LogP contribution is 2.47. The molecular weight excluding hydrogens is 568 g/mol. The third-order valence-corrected chi connectivity index (χ3v) is 10.1. The van der Waals surface area contributed by atoms with Crippen molar-refractivity contribution in [3.8, 4) is 11.1 Å². The van der Waals surface area contributed by atoms with Crippen LogP contribution >= 0.6 is 0 Å². The molecule has 2 amide bonds. The zero-order valence-electron chi connectivity index (χ0n) is 26.8. The Bertz CT molecular complexity index is 1650. The number of H-pyrrole nitrogens is 1. The van der Waals surface area contributed by atoms with Crippen LogP contribution in [0.3, 0.4) is 0 Å². The van der Waals surface area contributed by atoms with E-state index in [4.69, 9.17) is 9.47 Å². The van der Waals surface area contributed by atoms with Gasteiger partial charge in [0.1, 0.15) is 0 Å². The topological polar surface area (TPSA) is 104 Å². The van der Waals surface area contributed by atoms with Gasteiger partial charge in [0, 0.05) is 85.7 Å². The van der Waals surface area contributed by atoms with Gasteiger partial charge in [-0.3, -0.25) is 14.4 Å². The van der Waals surface area contributed by atoms with Crippen LogP contribution in [0, 0.1) is 20.8 Å². The van der Waals surface area contributed by atoms with Gasteiger partial charge in [0.05, 0.1) is 0 Å². The zero-order valence-corrected chi connectivity index (χ0v) is 26.8. The largest absolute Gasteiger partial charge is 0.381 e. The summed E-state index contributed by atoms with van der Waals surface area (Å²) in [5.41, 5.74) is 8.41. The van der Waals surface area contributed by atoms with E-state index in [2.05, 4.69) is 46.4 Å². The van der Waals surface area contributed by atoms with E-state index in [1.807, 2.05) is 37.8 Å². The van der Waals surface area contributed by atoms with Crippen molar-refractivity contribution in [3.63, 3.8) is 0 Å². The lowest BCUT2D eigenvalue weighted by Crippen LogP contribution is -2.40. The fraction of sp³-hybridized carbons (Fsp3) is 0.472. The van der Waals surface area contributed by atoms with E-state index in [9.17, 15) is 14.4 Å². The van der Waals surface area contributed by atoms with Crippen LogP contribution in [0.2, 0.25) is 0 Å². The van der Waals surface area contributed by atoms with E-state index < -0.39 is 0 Å². The van der Waals surface area contributed by atoms with E-state index in [-0.39, 0.29) is 23.4 Å². The van der Waals surface area contributed by atoms with Gasteiger partial charge in [0.2, 0.25) is 6.41 Å². The molecule has 6 rings (SSSR count). The monoisotopic (exact) mass is 612 g/mol. The normalized spacial score (nSPS) is 17.7. The first-order valence-electron chi connectivity index (χ1n) is 16.2. The summed E-state index contributed by atoms with van der Waals surface area (Å²) in [6.07, 6.45) is 4.57. The van der Waals surface area contributed by atoms with Crippen LogP contribution in [0.1, 0.15) is 70.9 Å². The third kappa shape index (κ3) is 5.91. The summed E-state index contributed by atoms with van der Waals surface area (Å²) in [5.74, 6) is -0.227. The molecule has 9 nitrogen and oxygen atoms in total. The quantitative estimate of drug-likeness (QED) is 0.350. The summed E-state index contributed by atoms with van der Waals surface area (Å²) in [6.45, 7) is 12.3. The number of fused-ring (bicyclic) bond motifs is 2. The van der Waals surface area contributed by atoms with Gasteiger partial charge in [-0.05, 0) is 105 Å². The first-order valence-corrected chi connectivity index (χ1v) is 16.2. The molecule has 1 aromatic heterocycles. The summed E-state index contributed by atoms with van der Waals surface area (Å²) in [7, 11) is 0. The number of carbonyl (C=O) groups excluding carboxylic acids is 2. The highest BCUT2D eigenvalue weighted by atomic mass is 16.5. The van der Waals surface area contributed by atoms with Crippen LogP contribution in [0.25, 0.3) is 11.1 Å². The molecule has 0 aliphatic carbocycles. The molecule has 0 unspecified atom stereocenters. The molecule has 238 valence electrons. The number of anilines is 2.